The Kier molecular flexibility index (Phi) is 3.95. The summed E-state index contributed by atoms with van der Waals surface area (Å²) < 4.78 is 10.9. The summed E-state index contributed by atoms with van der Waals surface area (Å²) in [6, 6.07) is 5.02. The number of benzene rings is 1. The standard InChI is InChI=1S/C14H19NO4/c1-9-7-15(8-10(2)19-9)13-6-11(18-3)4-5-12(13)14(16)17/h4-6,9-10H,7-8H2,1-3H3,(H,16,17)/t9-,10+. The molecule has 5 heteroatoms. The first-order valence-corrected chi connectivity index (χ1v) is 6.33. The maximum absolute atomic E-state index is 11.3. The Morgan fingerprint density at radius 3 is 2.53 bits per heavy atom. The van der Waals surface area contributed by atoms with Crippen LogP contribution in [-0.4, -0.2) is 43.5 Å². The van der Waals surface area contributed by atoms with E-state index in [9.17, 15) is 9.90 Å². The first-order chi connectivity index (χ1) is 9.01. The van der Waals surface area contributed by atoms with Crippen molar-refractivity contribution < 1.29 is 19.4 Å². The minimum atomic E-state index is -0.926. The molecule has 0 radical (unpaired) electrons. The molecule has 1 fully saturated rings. The van der Waals surface area contributed by atoms with Gasteiger partial charge in [-0.1, -0.05) is 0 Å². The number of carboxylic acid groups (broad SMARTS) is 1. The van der Waals surface area contributed by atoms with Gasteiger partial charge < -0.3 is 19.5 Å². The summed E-state index contributed by atoms with van der Waals surface area (Å²) in [4.78, 5) is 13.4. The van der Waals surface area contributed by atoms with E-state index in [1.54, 1.807) is 25.3 Å². The number of hydrogen-bond donors (Lipinski definition) is 1. The van der Waals surface area contributed by atoms with E-state index in [1.807, 2.05) is 18.7 Å². The molecule has 1 saturated heterocycles. The first-order valence-electron chi connectivity index (χ1n) is 6.33. The van der Waals surface area contributed by atoms with Gasteiger partial charge in [0.1, 0.15) is 5.75 Å². The topological polar surface area (TPSA) is 59.0 Å². The quantitative estimate of drug-likeness (QED) is 0.906. The van der Waals surface area contributed by atoms with Gasteiger partial charge in [0.15, 0.2) is 0 Å². The number of methoxy groups -OCH3 is 1. The number of anilines is 1. The number of nitrogens with zero attached hydrogens (tertiary/aromatic N) is 1. The van der Waals surface area contributed by atoms with Gasteiger partial charge in [0.05, 0.1) is 30.6 Å². The predicted molar refractivity (Wildman–Crippen MR) is 72.2 cm³/mol. The highest BCUT2D eigenvalue weighted by atomic mass is 16.5. The lowest BCUT2D eigenvalue weighted by atomic mass is 10.1. The molecule has 0 aliphatic carbocycles. The van der Waals surface area contributed by atoms with E-state index < -0.39 is 5.97 Å². The van der Waals surface area contributed by atoms with Gasteiger partial charge in [-0.3, -0.25) is 0 Å². The highest BCUT2D eigenvalue weighted by Crippen LogP contribution is 2.28. The van der Waals surface area contributed by atoms with Crippen molar-refractivity contribution >= 4 is 11.7 Å². The lowest BCUT2D eigenvalue weighted by molar-refractivity contribution is -0.00533. The molecular formula is C14H19NO4. The maximum Gasteiger partial charge on any atom is 0.337 e. The molecule has 0 bridgehead atoms. The van der Waals surface area contributed by atoms with Gasteiger partial charge >= 0.3 is 5.97 Å². The molecule has 1 aromatic rings. The Bertz CT molecular complexity index is 465. The monoisotopic (exact) mass is 265 g/mol. The maximum atomic E-state index is 11.3. The Labute approximate surface area is 112 Å². The molecule has 0 spiro atoms. The molecule has 1 heterocycles. The number of aromatic carboxylic acids is 1. The van der Waals surface area contributed by atoms with Gasteiger partial charge in [0, 0.05) is 19.2 Å². The van der Waals surface area contributed by atoms with E-state index in [4.69, 9.17) is 9.47 Å². The van der Waals surface area contributed by atoms with Crippen molar-refractivity contribution in [1.29, 1.82) is 0 Å². The van der Waals surface area contributed by atoms with E-state index in [0.29, 0.717) is 30.1 Å². The summed E-state index contributed by atoms with van der Waals surface area (Å²) in [7, 11) is 1.57. The lowest BCUT2D eigenvalue weighted by Crippen LogP contribution is -2.46. The van der Waals surface area contributed by atoms with Crippen LogP contribution in [0.25, 0.3) is 0 Å². The van der Waals surface area contributed by atoms with E-state index in [1.165, 1.54) is 0 Å². The Morgan fingerprint density at radius 2 is 2.00 bits per heavy atom. The van der Waals surface area contributed by atoms with Crippen molar-refractivity contribution in [3.63, 3.8) is 0 Å². The number of ether oxygens (including phenoxy) is 2. The second-order valence-corrected chi connectivity index (χ2v) is 4.85. The van der Waals surface area contributed by atoms with Crippen LogP contribution >= 0.6 is 0 Å². The van der Waals surface area contributed by atoms with Crippen molar-refractivity contribution in [2.45, 2.75) is 26.1 Å². The number of carboxylic acids is 1. The molecule has 1 aliphatic rings. The third kappa shape index (κ3) is 2.98. The predicted octanol–water partition coefficient (Wildman–Crippen LogP) is 2.01. The fourth-order valence-electron chi connectivity index (χ4n) is 2.46. The van der Waals surface area contributed by atoms with Crippen LogP contribution in [-0.2, 0) is 4.74 Å². The average molecular weight is 265 g/mol. The molecule has 1 N–H and O–H groups in total. The van der Waals surface area contributed by atoms with Gasteiger partial charge in [-0.05, 0) is 26.0 Å². The number of rotatable bonds is 3. The number of morpholine rings is 1. The summed E-state index contributed by atoms with van der Waals surface area (Å²) in [5.74, 6) is -0.267. The molecule has 5 nitrogen and oxygen atoms in total. The fraction of sp³-hybridized carbons (Fsp3) is 0.500. The van der Waals surface area contributed by atoms with Gasteiger partial charge in [-0.2, -0.15) is 0 Å². The van der Waals surface area contributed by atoms with Crippen molar-refractivity contribution in [2.75, 3.05) is 25.1 Å². The molecule has 1 aromatic carbocycles. The van der Waals surface area contributed by atoms with E-state index in [-0.39, 0.29) is 12.2 Å². The van der Waals surface area contributed by atoms with E-state index >= 15 is 0 Å². The van der Waals surface area contributed by atoms with Crippen LogP contribution in [0.2, 0.25) is 0 Å². The zero-order valence-electron chi connectivity index (χ0n) is 11.4. The van der Waals surface area contributed by atoms with Gasteiger partial charge in [-0.25, -0.2) is 4.79 Å². The molecule has 19 heavy (non-hydrogen) atoms. The summed E-state index contributed by atoms with van der Waals surface area (Å²) in [5, 5.41) is 9.29. The summed E-state index contributed by atoms with van der Waals surface area (Å²) in [5.41, 5.74) is 0.982. The first kappa shape index (κ1) is 13.7. The third-order valence-electron chi connectivity index (χ3n) is 3.20. The summed E-state index contributed by atoms with van der Waals surface area (Å²) in [6.07, 6.45) is 0.160. The van der Waals surface area contributed by atoms with E-state index in [2.05, 4.69) is 0 Å². The second-order valence-electron chi connectivity index (χ2n) is 4.85. The molecule has 0 saturated carbocycles. The smallest absolute Gasteiger partial charge is 0.337 e. The van der Waals surface area contributed by atoms with Crippen LogP contribution in [0.4, 0.5) is 5.69 Å². The fourth-order valence-corrected chi connectivity index (χ4v) is 2.46. The molecule has 0 aromatic heterocycles. The van der Waals surface area contributed by atoms with Crippen molar-refractivity contribution in [3.8, 4) is 5.75 Å². The SMILES string of the molecule is COc1ccc(C(=O)O)c(N2C[C@@H](C)O[C@@H](C)C2)c1. The number of carbonyl (C=O) groups is 1. The minimum absolute atomic E-state index is 0.0802. The molecule has 2 rings (SSSR count). The van der Waals surface area contributed by atoms with Gasteiger partial charge in [0.25, 0.3) is 0 Å². The molecule has 0 unspecified atom stereocenters. The largest absolute Gasteiger partial charge is 0.497 e. The Balaban J connectivity index is 2.38. The van der Waals surface area contributed by atoms with Crippen LogP contribution in [0.15, 0.2) is 18.2 Å². The van der Waals surface area contributed by atoms with Gasteiger partial charge in [-0.15, -0.1) is 0 Å². The van der Waals surface area contributed by atoms with Gasteiger partial charge in [0.2, 0.25) is 0 Å². The Morgan fingerprint density at radius 1 is 1.37 bits per heavy atom. The van der Waals surface area contributed by atoms with Crippen molar-refractivity contribution in [2.24, 2.45) is 0 Å². The molecular weight excluding hydrogens is 246 g/mol. The highest BCUT2D eigenvalue weighted by molar-refractivity contribution is 5.95. The zero-order valence-corrected chi connectivity index (χ0v) is 11.4. The summed E-state index contributed by atoms with van der Waals surface area (Å²) in [6.45, 7) is 5.34. The van der Waals surface area contributed by atoms with Crippen molar-refractivity contribution in [1.82, 2.24) is 0 Å². The van der Waals surface area contributed by atoms with Crippen LogP contribution in [0, 0.1) is 0 Å². The second kappa shape index (κ2) is 5.48. The van der Waals surface area contributed by atoms with Crippen molar-refractivity contribution in [3.05, 3.63) is 23.8 Å². The average Bonchev–Trinajstić information content (AvgIpc) is 2.36. The summed E-state index contributed by atoms with van der Waals surface area (Å²) >= 11 is 0. The minimum Gasteiger partial charge on any atom is -0.497 e. The van der Waals surface area contributed by atoms with Crippen LogP contribution in [0.3, 0.4) is 0 Å². The molecule has 0 amide bonds. The van der Waals surface area contributed by atoms with Crippen LogP contribution < -0.4 is 9.64 Å². The molecule has 2 atom stereocenters. The molecule has 1 aliphatic heterocycles. The third-order valence-corrected chi connectivity index (χ3v) is 3.20. The highest BCUT2D eigenvalue weighted by Gasteiger charge is 2.25. The van der Waals surface area contributed by atoms with Crippen LogP contribution in [0.5, 0.6) is 5.75 Å². The lowest BCUT2D eigenvalue weighted by Gasteiger charge is -2.37. The normalized spacial score (nSPS) is 23.2. The Hall–Kier alpha value is -1.75. The van der Waals surface area contributed by atoms with E-state index in [0.717, 1.165) is 0 Å². The number of hydrogen-bond acceptors (Lipinski definition) is 4. The van der Waals surface area contributed by atoms with Crippen LogP contribution in [0.1, 0.15) is 24.2 Å². The molecule has 104 valence electrons. The zero-order chi connectivity index (χ0) is 14.0.